The molecule has 0 saturated carbocycles. The number of anilines is 2. The van der Waals surface area contributed by atoms with Crippen molar-refractivity contribution in [2.24, 2.45) is 0 Å². The first-order chi connectivity index (χ1) is 13.5. The number of amides is 1. The lowest BCUT2D eigenvalue weighted by atomic mass is 10.1. The Morgan fingerprint density at radius 1 is 1.21 bits per heavy atom. The van der Waals surface area contributed by atoms with E-state index in [1.807, 2.05) is 13.0 Å². The molecule has 0 unspecified atom stereocenters. The van der Waals surface area contributed by atoms with E-state index in [1.165, 1.54) is 6.20 Å². The van der Waals surface area contributed by atoms with Gasteiger partial charge >= 0.3 is 5.97 Å². The lowest BCUT2D eigenvalue weighted by Gasteiger charge is -2.10. The van der Waals surface area contributed by atoms with E-state index in [-0.39, 0.29) is 16.8 Å². The van der Waals surface area contributed by atoms with E-state index in [9.17, 15) is 14.9 Å². The maximum atomic E-state index is 12.4. The molecule has 0 radical (unpaired) electrons. The van der Waals surface area contributed by atoms with E-state index in [1.54, 1.807) is 48.5 Å². The second-order valence-corrected chi connectivity index (χ2v) is 6.25. The van der Waals surface area contributed by atoms with Crippen LogP contribution >= 0.6 is 11.6 Å². The number of ether oxygens (including phenoxy) is 1. The highest BCUT2D eigenvalue weighted by Gasteiger charge is 2.16. The molecule has 2 aromatic rings. The summed E-state index contributed by atoms with van der Waals surface area (Å²) in [5.41, 5.74) is 0.979. The summed E-state index contributed by atoms with van der Waals surface area (Å²) in [7, 11) is 0. The van der Waals surface area contributed by atoms with Crippen molar-refractivity contribution in [3.05, 3.63) is 70.9 Å². The minimum Gasteiger partial charge on any atom is -0.462 e. The molecule has 144 valence electrons. The van der Waals surface area contributed by atoms with E-state index in [0.29, 0.717) is 17.3 Å². The van der Waals surface area contributed by atoms with Gasteiger partial charge in [0.25, 0.3) is 5.91 Å². The Kier molecular flexibility index (Phi) is 8.07. The van der Waals surface area contributed by atoms with Crippen LogP contribution in [0.5, 0.6) is 0 Å². The van der Waals surface area contributed by atoms with Crippen LogP contribution in [0, 0.1) is 11.3 Å². The second-order valence-electron chi connectivity index (χ2n) is 5.81. The maximum Gasteiger partial charge on any atom is 0.340 e. The Bertz CT molecular complexity index is 919. The zero-order chi connectivity index (χ0) is 20.4. The Balaban J connectivity index is 2.11. The molecule has 1 amide bonds. The third-order valence-corrected chi connectivity index (χ3v) is 3.93. The maximum absolute atomic E-state index is 12.4. The number of hydrogen-bond donors (Lipinski definition) is 2. The summed E-state index contributed by atoms with van der Waals surface area (Å²) in [6, 6.07) is 15.2. The smallest absolute Gasteiger partial charge is 0.340 e. The van der Waals surface area contributed by atoms with Gasteiger partial charge in [-0.05, 0) is 36.8 Å². The zero-order valence-electron chi connectivity index (χ0n) is 15.4. The van der Waals surface area contributed by atoms with E-state index < -0.39 is 11.9 Å². The number of carbonyl (C=O) groups is 2. The number of rotatable bonds is 8. The highest BCUT2D eigenvalue weighted by atomic mass is 35.5. The third kappa shape index (κ3) is 6.15. The molecule has 0 spiro atoms. The van der Waals surface area contributed by atoms with Gasteiger partial charge in [0.1, 0.15) is 11.6 Å². The second kappa shape index (κ2) is 10.8. The molecule has 0 aliphatic heterocycles. The summed E-state index contributed by atoms with van der Waals surface area (Å²) >= 11 is 5.91. The highest BCUT2D eigenvalue weighted by molar-refractivity contribution is 6.30. The summed E-state index contributed by atoms with van der Waals surface area (Å²) in [6.45, 7) is 2.31. The van der Waals surface area contributed by atoms with Gasteiger partial charge in [-0.15, -0.1) is 0 Å². The molecule has 28 heavy (non-hydrogen) atoms. The molecule has 0 atom stereocenters. The summed E-state index contributed by atoms with van der Waals surface area (Å²) in [6.07, 6.45) is 2.95. The van der Waals surface area contributed by atoms with E-state index in [2.05, 4.69) is 10.6 Å². The number of para-hydroxylation sites is 1. The van der Waals surface area contributed by atoms with E-state index in [4.69, 9.17) is 16.3 Å². The van der Waals surface area contributed by atoms with Crippen molar-refractivity contribution in [3.8, 4) is 6.07 Å². The van der Waals surface area contributed by atoms with Crippen LogP contribution in [-0.4, -0.2) is 18.5 Å². The zero-order valence-corrected chi connectivity index (χ0v) is 16.1. The fourth-order valence-electron chi connectivity index (χ4n) is 2.23. The monoisotopic (exact) mass is 397 g/mol. The Labute approximate surface area is 168 Å². The first kappa shape index (κ1) is 21.0. The SMILES string of the molecule is CCCCOC(=O)c1ccccc1NC(=O)/C(C#N)=C\Nc1cccc(Cl)c1. The highest BCUT2D eigenvalue weighted by Crippen LogP contribution is 2.18. The first-order valence-electron chi connectivity index (χ1n) is 8.75. The van der Waals surface area contributed by atoms with Crippen molar-refractivity contribution in [1.29, 1.82) is 5.26 Å². The van der Waals surface area contributed by atoms with Crippen molar-refractivity contribution < 1.29 is 14.3 Å². The third-order valence-electron chi connectivity index (χ3n) is 3.70. The number of nitriles is 1. The van der Waals surface area contributed by atoms with Crippen molar-refractivity contribution in [2.75, 3.05) is 17.2 Å². The summed E-state index contributed by atoms with van der Waals surface area (Å²) < 4.78 is 5.20. The van der Waals surface area contributed by atoms with Crippen LogP contribution in [0.3, 0.4) is 0 Å². The molecule has 0 aromatic heterocycles. The van der Waals surface area contributed by atoms with Gasteiger partial charge in [-0.1, -0.05) is 43.1 Å². The fraction of sp³-hybridized carbons (Fsp3) is 0.190. The average molecular weight is 398 g/mol. The van der Waals surface area contributed by atoms with Crippen LogP contribution in [0.25, 0.3) is 0 Å². The van der Waals surface area contributed by atoms with Crippen molar-refractivity contribution >= 4 is 34.9 Å². The lowest BCUT2D eigenvalue weighted by molar-refractivity contribution is -0.112. The normalized spacial score (nSPS) is 10.7. The molecule has 0 aliphatic carbocycles. The van der Waals surface area contributed by atoms with Gasteiger partial charge in [-0.3, -0.25) is 4.79 Å². The minimum atomic E-state index is -0.647. The molecule has 0 bridgehead atoms. The van der Waals surface area contributed by atoms with Gasteiger partial charge in [0.2, 0.25) is 0 Å². The summed E-state index contributed by atoms with van der Waals surface area (Å²) in [5, 5.41) is 15.3. The molecule has 0 aliphatic rings. The van der Waals surface area contributed by atoms with Gasteiger partial charge < -0.3 is 15.4 Å². The van der Waals surface area contributed by atoms with E-state index >= 15 is 0 Å². The van der Waals surface area contributed by atoms with E-state index in [0.717, 1.165) is 12.8 Å². The number of nitrogens with zero attached hydrogens (tertiary/aromatic N) is 1. The predicted molar refractivity (Wildman–Crippen MR) is 109 cm³/mol. The molecule has 0 fully saturated rings. The Hall–Kier alpha value is -3.30. The molecule has 2 N–H and O–H groups in total. The number of unbranched alkanes of at least 4 members (excludes halogenated alkanes) is 1. The summed E-state index contributed by atoms with van der Waals surface area (Å²) in [4.78, 5) is 24.7. The quantitative estimate of drug-likeness (QED) is 0.290. The van der Waals surface area contributed by atoms with Gasteiger partial charge in [0.05, 0.1) is 17.9 Å². The van der Waals surface area contributed by atoms with Crippen LogP contribution in [0.4, 0.5) is 11.4 Å². The number of carbonyl (C=O) groups excluding carboxylic acids is 2. The van der Waals surface area contributed by atoms with Crippen LogP contribution in [0.2, 0.25) is 5.02 Å². The molecule has 0 saturated heterocycles. The molecule has 2 aromatic carbocycles. The Morgan fingerprint density at radius 2 is 2.00 bits per heavy atom. The largest absolute Gasteiger partial charge is 0.462 e. The molecule has 2 rings (SSSR count). The molecule has 7 heteroatoms. The molecule has 0 heterocycles. The van der Waals surface area contributed by atoms with Gasteiger partial charge in [0, 0.05) is 16.9 Å². The molecule has 6 nitrogen and oxygen atoms in total. The van der Waals surface area contributed by atoms with Gasteiger partial charge in [-0.2, -0.15) is 5.26 Å². The van der Waals surface area contributed by atoms with Crippen LogP contribution in [0.1, 0.15) is 30.1 Å². The van der Waals surface area contributed by atoms with Crippen LogP contribution in [0.15, 0.2) is 60.3 Å². The summed E-state index contributed by atoms with van der Waals surface area (Å²) in [5.74, 6) is -1.17. The van der Waals surface area contributed by atoms with Crippen molar-refractivity contribution in [1.82, 2.24) is 0 Å². The minimum absolute atomic E-state index is 0.158. The number of esters is 1. The topological polar surface area (TPSA) is 91.2 Å². The van der Waals surface area contributed by atoms with Crippen LogP contribution in [-0.2, 0) is 9.53 Å². The number of hydrogen-bond acceptors (Lipinski definition) is 5. The molecular formula is C21H20ClN3O3. The average Bonchev–Trinajstić information content (AvgIpc) is 2.69. The molecular weight excluding hydrogens is 378 g/mol. The predicted octanol–water partition coefficient (Wildman–Crippen LogP) is 4.75. The van der Waals surface area contributed by atoms with Gasteiger partial charge in [0.15, 0.2) is 0 Å². The standard InChI is InChI=1S/C21H20ClN3O3/c1-2-3-11-28-21(27)18-9-4-5-10-19(18)25-20(26)15(13-23)14-24-17-8-6-7-16(22)12-17/h4-10,12,14,24H,2-3,11H2,1H3,(H,25,26)/b15-14-. The van der Waals surface area contributed by atoms with Crippen LogP contribution < -0.4 is 10.6 Å². The lowest BCUT2D eigenvalue weighted by Crippen LogP contribution is -2.17. The number of nitrogens with one attached hydrogen (secondary N) is 2. The first-order valence-corrected chi connectivity index (χ1v) is 9.12. The van der Waals surface area contributed by atoms with Crippen molar-refractivity contribution in [3.63, 3.8) is 0 Å². The fourth-order valence-corrected chi connectivity index (χ4v) is 2.42. The van der Waals surface area contributed by atoms with Crippen molar-refractivity contribution in [2.45, 2.75) is 19.8 Å². The number of halogens is 1. The number of benzene rings is 2. The Morgan fingerprint density at radius 3 is 2.71 bits per heavy atom. The van der Waals surface area contributed by atoms with Gasteiger partial charge in [-0.25, -0.2) is 4.79 Å².